The highest BCUT2D eigenvalue weighted by Crippen LogP contribution is 2.07. The van der Waals surface area contributed by atoms with Crippen molar-refractivity contribution in [3.63, 3.8) is 0 Å². The molecule has 26 heavy (non-hydrogen) atoms. The molecule has 0 heterocycles. The average Bonchev–Trinajstić information content (AvgIpc) is 2.63. The van der Waals surface area contributed by atoms with Crippen LogP contribution in [0.2, 0.25) is 0 Å². The molecule has 1 aromatic rings. The molecule has 0 radical (unpaired) electrons. The van der Waals surface area contributed by atoms with Gasteiger partial charge in [-0.3, -0.25) is 9.79 Å². The van der Waals surface area contributed by atoms with Crippen molar-refractivity contribution in [2.24, 2.45) is 4.99 Å². The van der Waals surface area contributed by atoms with Gasteiger partial charge in [0.15, 0.2) is 5.96 Å². The second-order valence-electron chi connectivity index (χ2n) is 5.56. The molecule has 0 spiro atoms. The predicted molar refractivity (Wildman–Crippen MR) is 116 cm³/mol. The summed E-state index contributed by atoms with van der Waals surface area (Å²) in [5, 5.41) is 6.50. The van der Waals surface area contributed by atoms with Gasteiger partial charge in [0.05, 0.1) is 13.2 Å². The Kier molecular flexibility index (Phi) is 15.9. The van der Waals surface area contributed by atoms with Crippen molar-refractivity contribution in [3.05, 3.63) is 30.3 Å². The first-order valence-electron chi connectivity index (χ1n) is 9.04. The van der Waals surface area contributed by atoms with Crippen LogP contribution in [0.1, 0.15) is 39.0 Å². The molecule has 148 valence electrons. The number of para-hydroxylation sites is 1. The number of hydrogen-bond donors (Lipinski definition) is 2. The molecule has 0 atom stereocenters. The highest BCUT2D eigenvalue weighted by molar-refractivity contribution is 14.0. The van der Waals surface area contributed by atoms with Gasteiger partial charge in [0.1, 0.15) is 12.4 Å². The van der Waals surface area contributed by atoms with E-state index < -0.39 is 0 Å². The van der Waals surface area contributed by atoms with Gasteiger partial charge in [-0.05, 0) is 31.9 Å². The monoisotopic (exact) mass is 477 g/mol. The summed E-state index contributed by atoms with van der Waals surface area (Å²) >= 11 is 0. The second-order valence-corrected chi connectivity index (χ2v) is 5.56. The maximum absolute atomic E-state index is 11.2. The van der Waals surface area contributed by atoms with Crippen LogP contribution in [0.5, 0.6) is 5.75 Å². The normalized spacial score (nSPS) is 10.6. The molecule has 1 aromatic carbocycles. The molecular weight excluding hydrogens is 445 g/mol. The fraction of sp³-hybridized carbons (Fsp3) is 0.579. The molecule has 7 heteroatoms. The van der Waals surface area contributed by atoms with E-state index in [1.165, 1.54) is 0 Å². The first kappa shape index (κ1) is 24.5. The van der Waals surface area contributed by atoms with Crippen molar-refractivity contribution >= 4 is 35.9 Å². The van der Waals surface area contributed by atoms with Crippen LogP contribution < -0.4 is 15.4 Å². The Hall–Kier alpha value is -1.51. The highest BCUT2D eigenvalue weighted by atomic mass is 127. The molecule has 0 aliphatic rings. The smallest absolute Gasteiger partial charge is 0.305 e. The SMILES string of the molecule is CCOC(=O)CCCCCCNC(=NC)NCCOc1ccccc1.I. The Morgan fingerprint density at radius 2 is 1.73 bits per heavy atom. The first-order chi connectivity index (χ1) is 12.3. The van der Waals surface area contributed by atoms with Crippen molar-refractivity contribution in [1.29, 1.82) is 0 Å². The lowest BCUT2D eigenvalue weighted by molar-refractivity contribution is -0.143. The van der Waals surface area contributed by atoms with E-state index in [2.05, 4.69) is 15.6 Å². The van der Waals surface area contributed by atoms with E-state index in [4.69, 9.17) is 9.47 Å². The molecule has 0 unspecified atom stereocenters. The van der Waals surface area contributed by atoms with Gasteiger partial charge in [0.25, 0.3) is 0 Å². The van der Waals surface area contributed by atoms with Crippen molar-refractivity contribution in [3.8, 4) is 5.75 Å². The van der Waals surface area contributed by atoms with Crippen LogP contribution in [0.25, 0.3) is 0 Å². The minimum Gasteiger partial charge on any atom is -0.492 e. The van der Waals surface area contributed by atoms with Crippen molar-refractivity contribution < 1.29 is 14.3 Å². The lowest BCUT2D eigenvalue weighted by Gasteiger charge is -2.12. The number of halogens is 1. The molecule has 0 amide bonds. The third-order valence-corrected chi connectivity index (χ3v) is 3.54. The van der Waals surface area contributed by atoms with E-state index in [9.17, 15) is 4.79 Å². The van der Waals surface area contributed by atoms with Crippen LogP contribution in [-0.4, -0.2) is 45.3 Å². The number of hydrogen-bond acceptors (Lipinski definition) is 4. The number of ether oxygens (including phenoxy) is 2. The number of rotatable bonds is 12. The zero-order chi connectivity index (χ0) is 18.2. The zero-order valence-corrected chi connectivity index (χ0v) is 18.2. The summed E-state index contributed by atoms with van der Waals surface area (Å²) < 4.78 is 10.5. The number of nitrogens with zero attached hydrogens (tertiary/aromatic N) is 1. The van der Waals surface area contributed by atoms with E-state index in [0.717, 1.165) is 43.9 Å². The van der Waals surface area contributed by atoms with Crippen molar-refractivity contribution in [2.45, 2.75) is 39.0 Å². The van der Waals surface area contributed by atoms with Gasteiger partial charge in [-0.15, -0.1) is 24.0 Å². The summed E-state index contributed by atoms with van der Waals surface area (Å²) in [6.45, 7) is 4.43. The van der Waals surface area contributed by atoms with E-state index in [0.29, 0.717) is 26.2 Å². The summed E-state index contributed by atoms with van der Waals surface area (Å²) in [4.78, 5) is 15.4. The minimum absolute atomic E-state index is 0. The summed E-state index contributed by atoms with van der Waals surface area (Å²) in [6, 6.07) is 9.75. The fourth-order valence-electron chi connectivity index (χ4n) is 2.26. The molecule has 2 N–H and O–H groups in total. The van der Waals surface area contributed by atoms with Crippen LogP contribution in [0, 0.1) is 0 Å². The summed E-state index contributed by atoms with van der Waals surface area (Å²) in [7, 11) is 1.76. The Morgan fingerprint density at radius 1 is 1.04 bits per heavy atom. The van der Waals surface area contributed by atoms with E-state index in [1.54, 1.807) is 7.05 Å². The number of carbonyl (C=O) groups excluding carboxylic acids is 1. The van der Waals surface area contributed by atoms with E-state index in [1.807, 2.05) is 37.3 Å². The minimum atomic E-state index is -0.0945. The van der Waals surface area contributed by atoms with Gasteiger partial charge >= 0.3 is 5.97 Å². The van der Waals surface area contributed by atoms with Crippen LogP contribution in [-0.2, 0) is 9.53 Å². The maximum Gasteiger partial charge on any atom is 0.305 e. The first-order valence-corrected chi connectivity index (χ1v) is 9.04. The number of unbranched alkanes of at least 4 members (excludes halogenated alkanes) is 3. The molecule has 0 saturated heterocycles. The highest BCUT2D eigenvalue weighted by Gasteiger charge is 2.01. The van der Waals surface area contributed by atoms with Crippen LogP contribution in [0.4, 0.5) is 0 Å². The fourth-order valence-corrected chi connectivity index (χ4v) is 2.26. The van der Waals surface area contributed by atoms with Gasteiger partial charge in [0.2, 0.25) is 0 Å². The summed E-state index contributed by atoms with van der Waals surface area (Å²) in [6.07, 6.45) is 4.58. The third-order valence-electron chi connectivity index (χ3n) is 3.54. The van der Waals surface area contributed by atoms with Crippen LogP contribution in [0.15, 0.2) is 35.3 Å². The molecule has 0 aliphatic heterocycles. The number of nitrogens with one attached hydrogen (secondary N) is 2. The standard InChI is InChI=1S/C19H31N3O3.HI/c1-3-24-18(23)13-9-4-5-10-14-21-19(20-2)22-15-16-25-17-11-7-6-8-12-17;/h6-8,11-12H,3-5,9-10,13-16H2,1-2H3,(H2,20,21,22);1H. The number of carbonyl (C=O) groups is 1. The van der Waals surface area contributed by atoms with Gasteiger partial charge < -0.3 is 20.1 Å². The summed E-state index contributed by atoms with van der Waals surface area (Å²) in [5.41, 5.74) is 0. The van der Waals surface area contributed by atoms with Gasteiger partial charge in [-0.1, -0.05) is 31.0 Å². The average molecular weight is 477 g/mol. The Balaban J connectivity index is 0.00000625. The molecule has 6 nitrogen and oxygen atoms in total. The largest absolute Gasteiger partial charge is 0.492 e. The molecule has 0 saturated carbocycles. The molecule has 0 fully saturated rings. The Bertz CT molecular complexity index is 498. The summed E-state index contributed by atoms with van der Waals surface area (Å²) in [5.74, 6) is 1.56. The third kappa shape index (κ3) is 12.8. The topological polar surface area (TPSA) is 72.0 Å². The number of benzene rings is 1. The molecule has 0 aliphatic carbocycles. The lowest BCUT2D eigenvalue weighted by atomic mass is 10.1. The van der Waals surface area contributed by atoms with Crippen LogP contribution in [0.3, 0.4) is 0 Å². The quantitative estimate of drug-likeness (QED) is 0.159. The second kappa shape index (κ2) is 16.9. The van der Waals surface area contributed by atoms with Crippen molar-refractivity contribution in [1.82, 2.24) is 10.6 Å². The maximum atomic E-state index is 11.2. The lowest BCUT2D eigenvalue weighted by Crippen LogP contribution is -2.39. The molecular formula is C19H32IN3O3. The number of aliphatic imine (C=N–C) groups is 1. The molecule has 0 aromatic heterocycles. The van der Waals surface area contributed by atoms with E-state index >= 15 is 0 Å². The Morgan fingerprint density at radius 3 is 2.42 bits per heavy atom. The van der Waals surface area contributed by atoms with Crippen molar-refractivity contribution in [2.75, 3.05) is 33.4 Å². The predicted octanol–water partition coefficient (Wildman–Crippen LogP) is 3.36. The van der Waals surface area contributed by atoms with E-state index in [-0.39, 0.29) is 29.9 Å². The number of esters is 1. The van der Waals surface area contributed by atoms with Crippen LogP contribution >= 0.6 is 24.0 Å². The Labute approximate surface area is 174 Å². The molecule has 0 bridgehead atoms. The van der Waals surface area contributed by atoms with Gasteiger partial charge in [-0.2, -0.15) is 0 Å². The zero-order valence-electron chi connectivity index (χ0n) is 15.8. The van der Waals surface area contributed by atoms with Gasteiger partial charge in [0, 0.05) is 20.0 Å². The van der Waals surface area contributed by atoms with Gasteiger partial charge in [-0.25, -0.2) is 0 Å². The number of guanidine groups is 1. The molecule has 1 rings (SSSR count).